The third kappa shape index (κ3) is 3.76. The topological polar surface area (TPSA) is 55.6 Å². The zero-order valence-electron chi connectivity index (χ0n) is 10.6. The van der Waals surface area contributed by atoms with Crippen molar-refractivity contribution in [3.8, 4) is 0 Å². The van der Waals surface area contributed by atoms with E-state index in [9.17, 15) is 4.79 Å². The Morgan fingerprint density at radius 1 is 1.56 bits per heavy atom. The first kappa shape index (κ1) is 13.5. The molecule has 0 radical (unpaired) electrons. The van der Waals surface area contributed by atoms with Crippen molar-refractivity contribution in [2.45, 2.75) is 57.8 Å². The third-order valence-electron chi connectivity index (χ3n) is 3.40. The van der Waals surface area contributed by atoms with Crippen molar-refractivity contribution < 1.29 is 9.53 Å². The van der Waals surface area contributed by atoms with Crippen LogP contribution in [0.3, 0.4) is 0 Å². The molecule has 4 heteroatoms. The van der Waals surface area contributed by atoms with Crippen LogP contribution in [0, 0.1) is 0 Å². The lowest BCUT2D eigenvalue weighted by Gasteiger charge is -2.24. The maximum Gasteiger partial charge on any atom is 0.222 e. The molecule has 0 saturated carbocycles. The number of ether oxygens (including phenoxy) is 1. The molecule has 1 saturated heterocycles. The predicted molar refractivity (Wildman–Crippen MR) is 64.1 cm³/mol. The molecular weight excluding hydrogens is 204 g/mol. The quantitative estimate of drug-likeness (QED) is 0.767. The molecule has 0 bridgehead atoms. The first-order chi connectivity index (χ1) is 7.54. The van der Waals surface area contributed by atoms with Gasteiger partial charge in [0.25, 0.3) is 0 Å². The third-order valence-corrected chi connectivity index (χ3v) is 3.40. The molecule has 16 heavy (non-hydrogen) atoms. The Morgan fingerprint density at radius 2 is 2.25 bits per heavy atom. The highest BCUT2D eigenvalue weighted by Crippen LogP contribution is 2.22. The molecule has 3 atom stereocenters. The molecule has 1 heterocycles. The van der Waals surface area contributed by atoms with Gasteiger partial charge in [-0.2, -0.15) is 0 Å². The fourth-order valence-corrected chi connectivity index (χ4v) is 1.96. The number of hydrogen-bond donors (Lipinski definition) is 1. The van der Waals surface area contributed by atoms with Gasteiger partial charge in [0.1, 0.15) is 0 Å². The molecule has 0 spiro atoms. The lowest BCUT2D eigenvalue weighted by molar-refractivity contribution is -0.132. The van der Waals surface area contributed by atoms with Crippen LogP contribution in [-0.2, 0) is 9.53 Å². The van der Waals surface area contributed by atoms with Gasteiger partial charge in [0.05, 0.1) is 12.2 Å². The number of nitrogens with two attached hydrogens (primary N) is 1. The number of likely N-dealkylation sites (N-methyl/N-ethyl adjacent to an activating group) is 1. The van der Waals surface area contributed by atoms with Gasteiger partial charge < -0.3 is 15.4 Å². The summed E-state index contributed by atoms with van der Waals surface area (Å²) in [6.45, 7) is 4.57. The minimum Gasteiger partial charge on any atom is -0.375 e. The van der Waals surface area contributed by atoms with E-state index >= 15 is 0 Å². The second kappa shape index (κ2) is 6.21. The number of carbonyl (C=O) groups excluding carboxylic acids is 1. The van der Waals surface area contributed by atoms with E-state index in [1.54, 1.807) is 4.90 Å². The van der Waals surface area contributed by atoms with E-state index in [0.717, 1.165) is 19.3 Å². The average molecular weight is 228 g/mol. The molecule has 3 unspecified atom stereocenters. The summed E-state index contributed by atoms with van der Waals surface area (Å²) >= 11 is 0. The van der Waals surface area contributed by atoms with Gasteiger partial charge in [-0.05, 0) is 33.1 Å². The predicted octanol–water partition coefficient (Wildman–Crippen LogP) is 1.14. The summed E-state index contributed by atoms with van der Waals surface area (Å²) in [7, 11) is 1.82. The minimum absolute atomic E-state index is 0.121. The Hall–Kier alpha value is -0.610. The van der Waals surface area contributed by atoms with Gasteiger partial charge in [-0.15, -0.1) is 0 Å². The van der Waals surface area contributed by atoms with E-state index in [2.05, 4.69) is 6.92 Å². The van der Waals surface area contributed by atoms with Gasteiger partial charge in [0.15, 0.2) is 0 Å². The van der Waals surface area contributed by atoms with Crippen molar-refractivity contribution in [2.75, 3.05) is 13.6 Å². The van der Waals surface area contributed by atoms with Crippen LogP contribution in [-0.4, -0.2) is 42.6 Å². The van der Waals surface area contributed by atoms with Gasteiger partial charge >= 0.3 is 0 Å². The maximum atomic E-state index is 11.8. The lowest BCUT2D eigenvalue weighted by atomic mass is 10.1. The number of rotatable bonds is 5. The summed E-state index contributed by atoms with van der Waals surface area (Å²) in [6, 6.07) is 0.121. The molecule has 1 amide bonds. The number of hydrogen-bond acceptors (Lipinski definition) is 3. The van der Waals surface area contributed by atoms with Crippen LogP contribution in [0.5, 0.6) is 0 Å². The molecular formula is C12H24N2O2. The highest BCUT2D eigenvalue weighted by atomic mass is 16.5. The SMILES string of the molecule is CC1CCC(CCC(=O)N(C)C(C)CN)O1. The van der Waals surface area contributed by atoms with E-state index in [1.165, 1.54) is 0 Å². The Kier molecular flexibility index (Phi) is 5.22. The van der Waals surface area contributed by atoms with E-state index in [4.69, 9.17) is 10.5 Å². The van der Waals surface area contributed by atoms with Crippen molar-refractivity contribution in [2.24, 2.45) is 5.73 Å². The maximum absolute atomic E-state index is 11.8. The van der Waals surface area contributed by atoms with Crippen LogP contribution in [0.1, 0.15) is 39.5 Å². The second-order valence-corrected chi connectivity index (χ2v) is 4.77. The Bertz CT molecular complexity index is 233. The molecule has 94 valence electrons. The zero-order chi connectivity index (χ0) is 12.1. The number of carbonyl (C=O) groups is 1. The monoisotopic (exact) mass is 228 g/mol. The molecule has 2 N–H and O–H groups in total. The van der Waals surface area contributed by atoms with Gasteiger partial charge in [0.2, 0.25) is 5.91 Å². The van der Waals surface area contributed by atoms with Crippen LogP contribution < -0.4 is 5.73 Å². The fourth-order valence-electron chi connectivity index (χ4n) is 1.96. The summed E-state index contributed by atoms with van der Waals surface area (Å²) in [6.07, 6.45) is 4.25. The van der Waals surface area contributed by atoms with Crippen molar-refractivity contribution >= 4 is 5.91 Å². The Morgan fingerprint density at radius 3 is 2.75 bits per heavy atom. The summed E-state index contributed by atoms with van der Waals surface area (Å²) in [5.41, 5.74) is 5.53. The first-order valence-electron chi connectivity index (χ1n) is 6.15. The standard InChI is InChI=1S/C12H24N2O2/c1-9(8-13)14(3)12(15)7-6-11-5-4-10(2)16-11/h9-11H,4-8,13H2,1-3H3. The van der Waals surface area contributed by atoms with Gasteiger partial charge in [0, 0.05) is 26.1 Å². The van der Waals surface area contributed by atoms with Gasteiger partial charge in [-0.3, -0.25) is 4.79 Å². The molecule has 1 aliphatic heterocycles. The summed E-state index contributed by atoms with van der Waals surface area (Å²) in [5, 5.41) is 0. The van der Waals surface area contributed by atoms with Crippen LogP contribution in [0.2, 0.25) is 0 Å². The molecule has 1 fully saturated rings. The van der Waals surface area contributed by atoms with Crippen molar-refractivity contribution in [1.29, 1.82) is 0 Å². The fraction of sp³-hybridized carbons (Fsp3) is 0.917. The molecule has 1 rings (SSSR count). The average Bonchev–Trinajstić information content (AvgIpc) is 2.69. The number of nitrogens with zero attached hydrogens (tertiary/aromatic N) is 1. The Balaban J connectivity index is 2.24. The molecule has 0 aromatic carbocycles. The van der Waals surface area contributed by atoms with Gasteiger partial charge in [-0.1, -0.05) is 0 Å². The van der Waals surface area contributed by atoms with Crippen LogP contribution in [0.4, 0.5) is 0 Å². The van der Waals surface area contributed by atoms with Crippen LogP contribution >= 0.6 is 0 Å². The normalized spacial score (nSPS) is 26.8. The van der Waals surface area contributed by atoms with Crippen molar-refractivity contribution in [3.63, 3.8) is 0 Å². The van der Waals surface area contributed by atoms with Gasteiger partial charge in [-0.25, -0.2) is 0 Å². The highest BCUT2D eigenvalue weighted by molar-refractivity contribution is 5.76. The number of amides is 1. The zero-order valence-corrected chi connectivity index (χ0v) is 10.6. The smallest absolute Gasteiger partial charge is 0.222 e. The van der Waals surface area contributed by atoms with E-state index in [-0.39, 0.29) is 18.1 Å². The molecule has 0 aromatic rings. The largest absolute Gasteiger partial charge is 0.375 e. The molecule has 0 aromatic heterocycles. The molecule has 0 aliphatic carbocycles. The highest BCUT2D eigenvalue weighted by Gasteiger charge is 2.23. The first-order valence-corrected chi connectivity index (χ1v) is 6.15. The van der Waals surface area contributed by atoms with E-state index in [0.29, 0.717) is 19.1 Å². The van der Waals surface area contributed by atoms with Crippen LogP contribution in [0.15, 0.2) is 0 Å². The van der Waals surface area contributed by atoms with Crippen molar-refractivity contribution in [3.05, 3.63) is 0 Å². The molecule has 4 nitrogen and oxygen atoms in total. The second-order valence-electron chi connectivity index (χ2n) is 4.77. The van der Waals surface area contributed by atoms with Crippen molar-refractivity contribution in [1.82, 2.24) is 4.90 Å². The van der Waals surface area contributed by atoms with E-state index < -0.39 is 0 Å². The lowest BCUT2D eigenvalue weighted by Crippen LogP contribution is -2.39. The summed E-state index contributed by atoms with van der Waals surface area (Å²) in [4.78, 5) is 13.5. The minimum atomic E-state index is 0.121. The Labute approximate surface area is 98.1 Å². The van der Waals surface area contributed by atoms with Crippen LogP contribution in [0.25, 0.3) is 0 Å². The summed E-state index contributed by atoms with van der Waals surface area (Å²) < 4.78 is 5.68. The summed E-state index contributed by atoms with van der Waals surface area (Å²) in [5.74, 6) is 0.168. The molecule has 1 aliphatic rings. The van der Waals surface area contributed by atoms with E-state index in [1.807, 2.05) is 14.0 Å².